The van der Waals surface area contributed by atoms with E-state index in [0.29, 0.717) is 5.52 Å². The second-order valence-electron chi connectivity index (χ2n) is 3.50. The molecule has 1 aromatic heterocycles. The second-order valence-corrected chi connectivity index (χ2v) is 3.50. The average molecular weight is 205 g/mol. The number of phenolic OH excluding ortho intramolecular Hbond substituents is 1. The number of para-hydroxylation sites is 1. The van der Waals surface area contributed by atoms with Crippen LogP contribution in [-0.4, -0.2) is 21.2 Å². The molecule has 0 fully saturated rings. The van der Waals surface area contributed by atoms with Gasteiger partial charge in [0.05, 0.1) is 11.9 Å². The number of nitrogens with one attached hydrogen (secondary N) is 1. The Bertz CT molecular complexity index is 528. The predicted octanol–water partition coefficient (Wildman–Crippen LogP) is 1.81. The number of benzene rings is 1. The van der Waals surface area contributed by atoms with Gasteiger partial charge in [0.25, 0.3) is 0 Å². The third kappa shape index (κ3) is 1.54. The largest absolute Gasteiger partial charge is 0.506 e. The van der Waals surface area contributed by atoms with E-state index in [9.17, 15) is 9.90 Å². The molecular weight excluding hydrogens is 194 g/mol. The fourth-order valence-corrected chi connectivity index (χ4v) is 1.77. The van der Waals surface area contributed by atoms with Gasteiger partial charge in [0.1, 0.15) is 5.75 Å². The van der Waals surface area contributed by atoms with Gasteiger partial charge in [0.2, 0.25) is 0 Å². The first kappa shape index (κ1) is 9.58. The maximum atomic E-state index is 10.7. The van der Waals surface area contributed by atoms with Crippen LogP contribution in [0.5, 0.6) is 5.75 Å². The van der Waals surface area contributed by atoms with Crippen molar-refractivity contribution in [1.82, 2.24) is 4.98 Å². The van der Waals surface area contributed by atoms with Crippen LogP contribution in [0.25, 0.3) is 10.9 Å². The summed E-state index contributed by atoms with van der Waals surface area (Å²) in [4.78, 5) is 13.7. The van der Waals surface area contributed by atoms with E-state index >= 15 is 0 Å². The molecule has 0 amide bonds. The van der Waals surface area contributed by atoms with E-state index in [-0.39, 0.29) is 12.2 Å². The van der Waals surface area contributed by atoms with Crippen LogP contribution in [0.3, 0.4) is 0 Å². The number of phenols is 1. The number of aromatic hydroxyl groups is 1. The van der Waals surface area contributed by atoms with Crippen LogP contribution in [0.4, 0.5) is 0 Å². The maximum Gasteiger partial charge on any atom is 0.307 e. The van der Waals surface area contributed by atoms with Gasteiger partial charge in [-0.15, -0.1) is 0 Å². The Morgan fingerprint density at radius 3 is 2.87 bits per heavy atom. The molecule has 0 aliphatic rings. The summed E-state index contributed by atoms with van der Waals surface area (Å²) in [5.41, 5.74) is 2.12. The minimum atomic E-state index is -0.873. The van der Waals surface area contributed by atoms with Crippen LogP contribution < -0.4 is 0 Å². The van der Waals surface area contributed by atoms with Crippen LogP contribution in [0.2, 0.25) is 0 Å². The summed E-state index contributed by atoms with van der Waals surface area (Å²) in [6, 6.07) is 5.08. The SMILES string of the molecule is Cc1[nH]c2c(O)cccc2c1CC(=O)O. The number of aromatic nitrogens is 1. The first-order valence-corrected chi connectivity index (χ1v) is 4.60. The summed E-state index contributed by atoms with van der Waals surface area (Å²) >= 11 is 0. The number of rotatable bonds is 2. The van der Waals surface area contributed by atoms with Gasteiger partial charge in [-0.05, 0) is 18.6 Å². The van der Waals surface area contributed by atoms with Crippen molar-refractivity contribution < 1.29 is 15.0 Å². The molecule has 4 heteroatoms. The molecule has 0 radical (unpaired) electrons. The zero-order chi connectivity index (χ0) is 11.0. The van der Waals surface area contributed by atoms with E-state index in [1.165, 1.54) is 0 Å². The minimum Gasteiger partial charge on any atom is -0.506 e. The van der Waals surface area contributed by atoms with E-state index < -0.39 is 5.97 Å². The summed E-state index contributed by atoms with van der Waals surface area (Å²) in [6.07, 6.45) is -0.0325. The number of aryl methyl sites for hydroxylation is 1. The number of hydrogen-bond donors (Lipinski definition) is 3. The molecule has 0 aliphatic carbocycles. The van der Waals surface area contributed by atoms with Gasteiger partial charge in [0, 0.05) is 11.1 Å². The number of H-pyrrole nitrogens is 1. The van der Waals surface area contributed by atoms with Crippen LogP contribution in [0.1, 0.15) is 11.3 Å². The molecule has 0 saturated carbocycles. The van der Waals surface area contributed by atoms with E-state index in [0.717, 1.165) is 16.6 Å². The standard InChI is InChI=1S/C11H11NO3/c1-6-8(5-10(14)15)7-3-2-4-9(13)11(7)12-6/h2-4,12-13H,5H2,1H3,(H,14,15). The Kier molecular flexibility index (Phi) is 2.11. The Labute approximate surface area is 86.2 Å². The van der Waals surface area contributed by atoms with E-state index in [1.54, 1.807) is 25.1 Å². The molecular formula is C11H11NO3. The van der Waals surface area contributed by atoms with Crippen molar-refractivity contribution in [2.75, 3.05) is 0 Å². The number of aliphatic carboxylic acids is 1. The van der Waals surface area contributed by atoms with Crippen molar-refractivity contribution in [1.29, 1.82) is 0 Å². The number of carbonyl (C=O) groups is 1. The van der Waals surface area contributed by atoms with Gasteiger partial charge in [-0.1, -0.05) is 12.1 Å². The third-order valence-corrected chi connectivity index (χ3v) is 2.46. The highest BCUT2D eigenvalue weighted by molar-refractivity contribution is 5.91. The molecule has 0 aliphatic heterocycles. The van der Waals surface area contributed by atoms with E-state index in [1.807, 2.05) is 0 Å². The quantitative estimate of drug-likeness (QED) is 0.700. The Balaban J connectivity index is 2.68. The molecule has 0 bridgehead atoms. The zero-order valence-corrected chi connectivity index (χ0v) is 8.24. The Morgan fingerprint density at radius 2 is 2.20 bits per heavy atom. The van der Waals surface area contributed by atoms with Gasteiger partial charge < -0.3 is 15.2 Å². The van der Waals surface area contributed by atoms with Crippen molar-refractivity contribution in [3.63, 3.8) is 0 Å². The number of fused-ring (bicyclic) bond motifs is 1. The number of carboxylic acids is 1. The molecule has 2 rings (SSSR count). The number of hydrogen-bond acceptors (Lipinski definition) is 2. The highest BCUT2D eigenvalue weighted by atomic mass is 16.4. The smallest absolute Gasteiger partial charge is 0.307 e. The van der Waals surface area contributed by atoms with Crippen LogP contribution in [0, 0.1) is 6.92 Å². The highest BCUT2D eigenvalue weighted by Gasteiger charge is 2.13. The summed E-state index contributed by atoms with van der Waals surface area (Å²) in [6.45, 7) is 1.80. The summed E-state index contributed by atoms with van der Waals surface area (Å²) in [5.74, 6) is -0.727. The molecule has 15 heavy (non-hydrogen) atoms. The second kappa shape index (κ2) is 3.31. The van der Waals surface area contributed by atoms with Crippen LogP contribution >= 0.6 is 0 Å². The van der Waals surface area contributed by atoms with Crippen molar-refractivity contribution >= 4 is 16.9 Å². The molecule has 0 saturated heterocycles. The minimum absolute atomic E-state index is 0.0325. The maximum absolute atomic E-state index is 10.7. The molecule has 2 aromatic rings. The fraction of sp³-hybridized carbons (Fsp3) is 0.182. The lowest BCUT2D eigenvalue weighted by Crippen LogP contribution is -2.00. The van der Waals surface area contributed by atoms with Crippen LogP contribution in [-0.2, 0) is 11.2 Å². The van der Waals surface area contributed by atoms with Crippen molar-refractivity contribution in [3.8, 4) is 5.75 Å². The summed E-state index contributed by atoms with van der Waals surface area (Å²) in [7, 11) is 0. The molecule has 4 nitrogen and oxygen atoms in total. The van der Waals surface area contributed by atoms with E-state index in [4.69, 9.17) is 5.11 Å². The summed E-state index contributed by atoms with van der Waals surface area (Å²) in [5, 5.41) is 19.1. The molecule has 1 heterocycles. The van der Waals surface area contributed by atoms with Gasteiger partial charge in [-0.3, -0.25) is 4.79 Å². The van der Waals surface area contributed by atoms with E-state index in [2.05, 4.69) is 4.98 Å². The topological polar surface area (TPSA) is 73.3 Å². The first-order chi connectivity index (χ1) is 7.09. The molecule has 0 spiro atoms. The van der Waals surface area contributed by atoms with Gasteiger partial charge in [-0.25, -0.2) is 0 Å². The lowest BCUT2D eigenvalue weighted by atomic mass is 10.1. The zero-order valence-electron chi connectivity index (χ0n) is 8.24. The fourth-order valence-electron chi connectivity index (χ4n) is 1.77. The lowest BCUT2D eigenvalue weighted by molar-refractivity contribution is -0.136. The predicted molar refractivity (Wildman–Crippen MR) is 56.0 cm³/mol. The first-order valence-electron chi connectivity index (χ1n) is 4.60. The summed E-state index contributed by atoms with van der Waals surface area (Å²) < 4.78 is 0. The molecule has 0 unspecified atom stereocenters. The monoisotopic (exact) mass is 205 g/mol. The third-order valence-electron chi connectivity index (χ3n) is 2.46. The molecule has 78 valence electrons. The van der Waals surface area contributed by atoms with Gasteiger partial charge in [0.15, 0.2) is 0 Å². The van der Waals surface area contributed by atoms with Gasteiger partial charge in [-0.2, -0.15) is 0 Å². The normalized spacial score (nSPS) is 10.7. The number of carboxylic acid groups (broad SMARTS) is 1. The van der Waals surface area contributed by atoms with Crippen molar-refractivity contribution in [2.45, 2.75) is 13.3 Å². The molecule has 0 atom stereocenters. The average Bonchev–Trinajstić information content (AvgIpc) is 2.45. The van der Waals surface area contributed by atoms with Crippen molar-refractivity contribution in [2.24, 2.45) is 0 Å². The molecule has 1 aromatic carbocycles. The Hall–Kier alpha value is -1.97. The van der Waals surface area contributed by atoms with Crippen LogP contribution in [0.15, 0.2) is 18.2 Å². The molecule has 3 N–H and O–H groups in total. The van der Waals surface area contributed by atoms with Crippen molar-refractivity contribution in [3.05, 3.63) is 29.5 Å². The lowest BCUT2D eigenvalue weighted by Gasteiger charge is -1.96. The number of aromatic amines is 1. The Morgan fingerprint density at radius 1 is 1.47 bits per heavy atom. The van der Waals surface area contributed by atoms with Gasteiger partial charge >= 0.3 is 5.97 Å². The highest BCUT2D eigenvalue weighted by Crippen LogP contribution is 2.28.